The standard InChI is InChI=1S/C8H2F6/c9-4-2-1-3(5(10)7(4)12)6(11)8(13)14/h1-2H. The Morgan fingerprint density at radius 2 is 1.43 bits per heavy atom. The lowest BCUT2D eigenvalue weighted by atomic mass is 10.2. The molecule has 0 aliphatic heterocycles. The van der Waals surface area contributed by atoms with Crippen LogP contribution in [0.1, 0.15) is 5.56 Å². The Morgan fingerprint density at radius 1 is 0.857 bits per heavy atom. The molecule has 0 amide bonds. The van der Waals surface area contributed by atoms with Crippen molar-refractivity contribution in [3.63, 3.8) is 0 Å². The van der Waals surface area contributed by atoms with Gasteiger partial charge in [0.15, 0.2) is 23.3 Å². The summed E-state index contributed by atoms with van der Waals surface area (Å²) < 4.78 is 73.1. The first kappa shape index (κ1) is 10.6. The normalized spacial score (nSPS) is 10.1. The molecule has 0 nitrogen and oxygen atoms in total. The fourth-order valence-corrected chi connectivity index (χ4v) is 0.797. The zero-order valence-electron chi connectivity index (χ0n) is 6.42. The van der Waals surface area contributed by atoms with Crippen LogP contribution in [0.15, 0.2) is 18.2 Å². The largest absolute Gasteiger partial charge is 0.306 e. The summed E-state index contributed by atoms with van der Waals surface area (Å²) in [5.41, 5.74) is -1.30. The number of benzene rings is 1. The second kappa shape index (κ2) is 3.73. The molecule has 0 aliphatic carbocycles. The zero-order valence-corrected chi connectivity index (χ0v) is 6.42. The van der Waals surface area contributed by atoms with Gasteiger partial charge in [-0.2, -0.15) is 8.78 Å². The zero-order chi connectivity index (χ0) is 10.9. The van der Waals surface area contributed by atoms with Gasteiger partial charge in [-0.1, -0.05) is 0 Å². The highest BCUT2D eigenvalue weighted by molar-refractivity contribution is 5.60. The van der Waals surface area contributed by atoms with Crippen LogP contribution in [0, 0.1) is 17.5 Å². The minimum atomic E-state index is -2.80. The van der Waals surface area contributed by atoms with Gasteiger partial charge in [-0.3, -0.25) is 0 Å². The molecule has 0 radical (unpaired) electrons. The summed E-state index contributed by atoms with van der Waals surface area (Å²) in [4.78, 5) is 0. The Labute approximate surface area is 74.5 Å². The van der Waals surface area contributed by atoms with Gasteiger partial charge in [0.2, 0.25) is 0 Å². The van der Waals surface area contributed by atoms with Crippen molar-refractivity contribution in [3.8, 4) is 0 Å². The van der Waals surface area contributed by atoms with E-state index < -0.39 is 34.9 Å². The maximum atomic E-state index is 12.7. The molecule has 14 heavy (non-hydrogen) atoms. The molecule has 0 atom stereocenters. The molecule has 0 fully saturated rings. The lowest BCUT2D eigenvalue weighted by molar-refractivity contribution is 0.406. The van der Waals surface area contributed by atoms with Crippen LogP contribution in [-0.4, -0.2) is 0 Å². The van der Waals surface area contributed by atoms with Gasteiger partial charge in [0, 0.05) is 0 Å². The molecule has 1 rings (SSSR count). The molecule has 0 aromatic heterocycles. The van der Waals surface area contributed by atoms with Crippen molar-refractivity contribution in [3.05, 3.63) is 41.2 Å². The molecule has 1 aromatic rings. The van der Waals surface area contributed by atoms with Crippen LogP contribution < -0.4 is 0 Å². The minimum Gasteiger partial charge on any atom is -0.204 e. The summed E-state index contributed by atoms with van der Waals surface area (Å²) in [5, 5.41) is 0. The van der Waals surface area contributed by atoms with Gasteiger partial charge >= 0.3 is 6.08 Å². The van der Waals surface area contributed by atoms with E-state index in [0.717, 1.165) is 0 Å². The molecular formula is C8H2F6. The lowest BCUT2D eigenvalue weighted by Crippen LogP contribution is -1.95. The molecule has 0 aliphatic rings. The highest BCUT2D eigenvalue weighted by Crippen LogP contribution is 2.26. The van der Waals surface area contributed by atoms with E-state index in [4.69, 9.17) is 0 Å². The van der Waals surface area contributed by atoms with Crippen molar-refractivity contribution in [2.75, 3.05) is 0 Å². The third-order valence-electron chi connectivity index (χ3n) is 1.44. The monoisotopic (exact) mass is 212 g/mol. The molecule has 0 saturated carbocycles. The average Bonchev–Trinajstić information content (AvgIpc) is 2.13. The number of halogens is 6. The quantitative estimate of drug-likeness (QED) is 0.492. The second-order valence-electron chi connectivity index (χ2n) is 2.30. The van der Waals surface area contributed by atoms with Crippen LogP contribution in [0.3, 0.4) is 0 Å². The van der Waals surface area contributed by atoms with Crippen molar-refractivity contribution in [2.24, 2.45) is 0 Å². The van der Waals surface area contributed by atoms with E-state index in [9.17, 15) is 26.3 Å². The topological polar surface area (TPSA) is 0 Å². The van der Waals surface area contributed by atoms with Gasteiger partial charge in [0.1, 0.15) is 0 Å². The Morgan fingerprint density at radius 3 is 1.93 bits per heavy atom. The first-order valence-electron chi connectivity index (χ1n) is 3.29. The number of hydrogen-bond acceptors (Lipinski definition) is 0. The van der Waals surface area contributed by atoms with E-state index in [-0.39, 0.29) is 0 Å². The van der Waals surface area contributed by atoms with E-state index in [2.05, 4.69) is 0 Å². The highest BCUT2D eigenvalue weighted by atomic mass is 19.3. The summed E-state index contributed by atoms with van der Waals surface area (Å²) in [6.07, 6.45) is -2.80. The SMILES string of the molecule is FC(F)=C(F)c1ccc(F)c(F)c1F. The average molecular weight is 212 g/mol. The van der Waals surface area contributed by atoms with Gasteiger partial charge in [-0.05, 0) is 12.1 Å². The van der Waals surface area contributed by atoms with Crippen molar-refractivity contribution in [1.82, 2.24) is 0 Å². The van der Waals surface area contributed by atoms with Crippen molar-refractivity contribution < 1.29 is 26.3 Å². The Bertz CT molecular complexity index is 391. The smallest absolute Gasteiger partial charge is 0.204 e. The van der Waals surface area contributed by atoms with Gasteiger partial charge in [0.25, 0.3) is 0 Å². The predicted octanol–water partition coefficient (Wildman–Crippen LogP) is 3.64. The van der Waals surface area contributed by atoms with Crippen molar-refractivity contribution in [1.29, 1.82) is 0 Å². The maximum Gasteiger partial charge on any atom is 0.306 e. The molecule has 0 saturated heterocycles. The molecule has 0 spiro atoms. The van der Waals surface area contributed by atoms with E-state index in [0.29, 0.717) is 12.1 Å². The van der Waals surface area contributed by atoms with Crippen LogP contribution in [0.25, 0.3) is 5.83 Å². The molecule has 0 bridgehead atoms. The molecule has 76 valence electrons. The van der Waals surface area contributed by atoms with Crippen LogP contribution in [-0.2, 0) is 0 Å². The van der Waals surface area contributed by atoms with E-state index in [1.807, 2.05) is 0 Å². The number of rotatable bonds is 1. The van der Waals surface area contributed by atoms with Gasteiger partial charge < -0.3 is 0 Å². The third kappa shape index (κ3) is 1.73. The molecular weight excluding hydrogens is 210 g/mol. The molecule has 6 heteroatoms. The second-order valence-corrected chi connectivity index (χ2v) is 2.30. The molecule has 0 N–H and O–H groups in total. The van der Waals surface area contributed by atoms with Crippen LogP contribution in [0.4, 0.5) is 26.3 Å². The van der Waals surface area contributed by atoms with Gasteiger partial charge in [0.05, 0.1) is 5.56 Å². The fourth-order valence-electron chi connectivity index (χ4n) is 0.797. The van der Waals surface area contributed by atoms with Crippen molar-refractivity contribution in [2.45, 2.75) is 0 Å². The highest BCUT2D eigenvalue weighted by Gasteiger charge is 2.19. The summed E-state index contributed by atoms with van der Waals surface area (Å²) >= 11 is 0. The molecule has 1 aromatic carbocycles. The lowest BCUT2D eigenvalue weighted by Gasteiger charge is -2.00. The van der Waals surface area contributed by atoms with Crippen LogP contribution >= 0.6 is 0 Å². The van der Waals surface area contributed by atoms with Gasteiger partial charge in [-0.15, -0.1) is 0 Å². The molecule has 0 unspecified atom stereocenters. The minimum absolute atomic E-state index is 0.357. The first-order chi connectivity index (χ1) is 6.45. The predicted molar refractivity (Wildman–Crippen MR) is 36.6 cm³/mol. The summed E-state index contributed by atoms with van der Waals surface area (Å²) in [7, 11) is 0. The fraction of sp³-hybridized carbons (Fsp3) is 0. The van der Waals surface area contributed by atoms with Crippen molar-refractivity contribution >= 4 is 5.83 Å². The summed E-state index contributed by atoms with van der Waals surface area (Å²) in [6, 6.07) is 0.749. The first-order valence-corrected chi connectivity index (χ1v) is 3.29. The van der Waals surface area contributed by atoms with Gasteiger partial charge in [-0.25, -0.2) is 17.6 Å². The van der Waals surface area contributed by atoms with E-state index in [1.165, 1.54) is 0 Å². The third-order valence-corrected chi connectivity index (χ3v) is 1.44. The Kier molecular flexibility index (Phi) is 2.83. The molecule has 0 heterocycles. The summed E-state index contributed by atoms with van der Waals surface area (Å²) in [5.74, 6) is -7.74. The van der Waals surface area contributed by atoms with E-state index in [1.54, 1.807) is 0 Å². The number of hydrogen-bond donors (Lipinski definition) is 0. The van der Waals surface area contributed by atoms with Crippen LogP contribution in [0.2, 0.25) is 0 Å². The Balaban J connectivity index is 3.39. The van der Waals surface area contributed by atoms with E-state index >= 15 is 0 Å². The Hall–Kier alpha value is -1.46. The van der Waals surface area contributed by atoms with Crippen LogP contribution in [0.5, 0.6) is 0 Å². The summed E-state index contributed by atoms with van der Waals surface area (Å²) in [6.45, 7) is 0. The maximum absolute atomic E-state index is 12.7.